The average Bonchev–Trinajstić information content (AvgIpc) is 2.61. The molecule has 2 aromatic rings. The van der Waals surface area contributed by atoms with Crippen LogP contribution in [0.4, 0.5) is 11.4 Å². The highest BCUT2D eigenvalue weighted by Crippen LogP contribution is 2.30. The fourth-order valence-electron chi connectivity index (χ4n) is 2.92. The predicted molar refractivity (Wildman–Crippen MR) is 91.8 cm³/mol. The van der Waals surface area contributed by atoms with Gasteiger partial charge < -0.3 is 10.2 Å². The standard InChI is InChI=1S/C19H20N2O2/c1-2-18(22)21-12-6-9-15-13-16(10-11-17(15)21)20-19(23)14-7-4-3-5-8-14/h3-5,7-8,10-11,13H,2,6,9,12H2,1H3,(H,20,23). The van der Waals surface area contributed by atoms with Gasteiger partial charge in [0.25, 0.3) is 5.91 Å². The third-order valence-corrected chi connectivity index (χ3v) is 4.10. The molecule has 3 rings (SSSR count). The first-order chi connectivity index (χ1) is 11.2. The summed E-state index contributed by atoms with van der Waals surface area (Å²) in [7, 11) is 0. The normalized spacial score (nSPS) is 13.3. The summed E-state index contributed by atoms with van der Waals surface area (Å²) in [6.07, 6.45) is 2.39. The molecule has 0 fully saturated rings. The van der Waals surface area contributed by atoms with Crippen molar-refractivity contribution in [2.75, 3.05) is 16.8 Å². The van der Waals surface area contributed by atoms with Crippen molar-refractivity contribution in [1.82, 2.24) is 0 Å². The van der Waals surface area contributed by atoms with Crippen LogP contribution in [0.5, 0.6) is 0 Å². The van der Waals surface area contributed by atoms with E-state index in [1.54, 1.807) is 12.1 Å². The first-order valence-corrected chi connectivity index (χ1v) is 7.98. The lowest BCUT2D eigenvalue weighted by atomic mass is 10.0. The molecule has 2 amide bonds. The molecule has 23 heavy (non-hydrogen) atoms. The van der Waals surface area contributed by atoms with E-state index in [9.17, 15) is 9.59 Å². The first kappa shape index (κ1) is 15.3. The SMILES string of the molecule is CCC(=O)N1CCCc2cc(NC(=O)c3ccccc3)ccc21. The summed E-state index contributed by atoms with van der Waals surface area (Å²) in [5.41, 5.74) is 3.49. The number of carbonyl (C=O) groups excluding carboxylic acids is 2. The second-order valence-corrected chi connectivity index (χ2v) is 5.67. The molecule has 0 spiro atoms. The van der Waals surface area contributed by atoms with Crippen molar-refractivity contribution in [3.63, 3.8) is 0 Å². The first-order valence-electron chi connectivity index (χ1n) is 7.98. The maximum atomic E-state index is 12.2. The van der Waals surface area contributed by atoms with Crippen molar-refractivity contribution >= 4 is 23.2 Å². The Morgan fingerprint density at radius 3 is 2.65 bits per heavy atom. The van der Waals surface area contributed by atoms with E-state index in [-0.39, 0.29) is 11.8 Å². The zero-order valence-corrected chi connectivity index (χ0v) is 13.2. The monoisotopic (exact) mass is 308 g/mol. The van der Waals surface area contributed by atoms with Crippen molar-refractivity contribution in [2.24, 2.45) is 0 Å². The molecule has 0 aromatic heterocycles. The highest BCUT2D eigenvalue weighted by atomic mass is 16.2. The van der Waals surface area contributed by atoms with Crippen LogP contribution in [0.1, 0.15) is 35.7 Å². The fourth-order valence-corrected chi connectivity index (χ4v) is 2.92. The van der Waals surface area contributed by atoms with Crippen LogP contribution in [0.15, 0.2) is 48.5 Å². The van der Waals surface area contributed by atoms with Gasteiger partial charge in [-0.15, -0.1) is 0 Å². The van der Waals surface area contributed by atoms with Gasteiger partial charge in [-0.05, 0) is 48.7 Å². The van der Waals surface area contributed by atoms with E-state index in [2.05, 4.69) is 5.32 Å². The Morgan fingerprint density at radius 2 is 1.91 bits per heavy atom. The van der Waals surface area contributed by atoms with Gasteiger partial charge in [-0.2, -0.15) is 0 Å². The van der Waals surface area contributed by atoms with E-state index in [1.165, 1.54) is 0 Å². The van der Waals surface area contributed by atoms with Crippen LogP contribution in [-0.4, -0.2) is 18.4 Å². The molecule has 0 aliphatic carbocycles. The zero-order chi connectivity index (χ0) is 16.2. The lowest BCUT2D eigenvalue weighted by molar-refractivity contribution is -0.118. The summed E-state index contributed by atoms with van der Waals surface area (Å²) in [5, 5.41) is 2.92. The minimum atomic E-state index is -0.122. The third-order valence-electron chi connectivity index (χ3n) is 4.10. The van der Waals surface area contributed by atoms with Crippen molar-refractivity contribution < 1.29 is 9.59 Å². The molecule has 118 valence electrons. The Hall–Kier alpha value is -2.62. The quantitative estimate of drug-likeness (QED) is 0.941. The van der Waals surface area contributed by atoms with Gasteiger partial charge in [0, 0.05) is 29.9 Å². The van der Waals surface area contributed by atoms with Crippen LogP contribution in [0.25, 0.3) is 0 Å². The van der Waals surface area contributed by atoms with Gasteiger partial charge in [-0.1, -0.05) is 25.1 Å². The number of carbonyl (C=O) groups is 2. The maximum Gasteiger partial charge on any atom is 0.255 e. The molecular formula is C19H20N2O2. The van der Waals surface area contributed by atoms with Crippen molar-refractivity contribution in [3.05, 3.63) is 59.7 Å². The summed E-state index contributed by atoms with van der Waals surface area (Å²) in [5.74, 6) is 0.0230. The molecule has 0 saturated carbocycles. The molecule has 0 unspecified atom stereocenters. The maximum absolute atomic E-state index is 12.2. The van der Waals surface area contributed by atoms with Gasteiger partial charge in [0.2, 0.25) is 5.91 Å². The molecule has 1 heterocycles. The van der Waals surface area contributed by atoms with Crippen LogP contribution in [0.2, 0.25) is 0 Å². The Kier molecular flexibility index (Phi) is 4.42. The van der Waals surface area contributed by atoms with Crippen molar-refractivity contribution in [1.29, 1.82) is 0 Å². The second-order valence-electron chi connectivity index (χ2n) is 5.67. The number of aryl methyl sites for hydroxylation is 1. The fraction of sp³-hybridized carbons (Fsp3) is 0.263. The van der Waals surface area contributed by atoms with E-state index in [1.807, 2.05) is 48.2 Å². The average molecular weight is 308 g/mol. The van der Waals surface area contributed by atoms with Crippen molar-refractivity contribution in [2.45, 2.75) is 26.2 Å². The van der Waals surface area contributed by atoms with E-state index in [0.717, 1.165) is 36.3 Å². The Morgan fingerprint density at radius 1 is 1.13 bits per heavy atom. The Balaban J connectivity index is 1.81. The van der Waals surface area contributed by atoms with E-state index >= 15 is 0 Å². The number of nitrogens with one attached hydrogen (secondary N) is 1. The van der Waals surface area contributed by atoms with Gasteiger partial charge in [0.15, 0.2) is 0 Å². The van der Waals surface area contributed by atoms with Gasteiger partial charge in [-0.25, -0.2) is 0 Å². The van der Waals surface area contributed by atoms with Crippen LogP contribution in [0.3, 0.4) is 0 Å². The van der Waals surface area contributed by atoms with E-state index in [0.29, 0.717) is 12.0 Å². The summed E-state index contributed by atoms with van der Waals surface area (Å²) < 4.78 is 0. The minimum Gasteiger partial charge on any atom is -0.322 e. The number of amides is 2. The largest absolute Gasteiger partial charge is 0.322 e. The number of anilines is 2. The van der Waals surface area contributed by atoms with E-state index < -0.39 is 0 Å². The summed E-state index contributed by atoms with van der Waals surface area (Å²) in [6.45, 7) is 2.65. The van der Waals surface area contributed by atoms with Gasteiger partial charge in [0.05, 0.1) is 0 Å². The smallest absolute Gasteiger partial charge is 0.255 e. The molecule has 1 aliphatic rings. The Bertz CT molecular complexity index is 725. The van der Waals surface area contributed by atoms with Crippen molar-refractivity contribution in [3.8, 4) is 0 Å². The number of fused-ring (bicyclic) bond motifs is 1. The second kappa shape index (κ2) is 6.65. The number of hydrogen-bond acceptors (Lipinski definition) is 2. The lowest BCUT2D eigenvalue weighted by Crippen LogP contribution is -2.34. The topological polar surface area (TPSA) is 49.4 Å². The van der Waals surface area contributed by atoms with Gasteiger partial charge in [-0.3, -0.25) is 9.59 Å². The minimum absolute atomic E-state index is 0.122. The molecular weight excluding hydrogens is 288 g/mol. The number of rotatable bonds is 3. The van der Waals surface area contributed by atoms with Gasteiger partial charge >= 0.3 is 0 Å². The van der Waals surface area contributed by atoms with Crippen LogP contribution in [-0.2, 0) is 11.2 Å². The number of nitrogens with zero attached hydrogens (tertiary/aromatic N) is 1. The van der Waals surface area contributed by atoms with Crippen LogP contribution < -0.4 is 10.2 Å². The molecule has 0 radical (unpaired) electrons. The Labute approximate surface area is 136 Å². The molecule has 0 atom stereocenters. The molecule has 4 nitrogen and oxygen atoms in total. The lowest BCUT2D eigenvalue weighted by Gasteiger charge is -2.29. The molecule has 4 heteroatoms. The summed E-state index contributed by atoms with van der Waals surface area (Å²) >= 11 is 0. The molecule has 1 aliphatic heterocycles. The molecule has 0 saturated heterocycles. The van der Waals surface area contributed by atoms with E-state index in [4.69, 9.17) is 0 Å². The zero-order valence-electron chi connectivity index (χ0n) is 13.2. The summed E-state index contributed by atoms with van der Waals surface area (Å²) in [6, 6.07) is 14.9. The van der Waals surface area contributed by atoms with Crippen LogP contribution in [0, 0.1) is 0 Å². The van der Waals surface area contributed by atoms with Gasteiger partial charge in [0.1, 0.15) is 0 Å². The molecule has 1 N–H and O–H groups in total. The highest BCUT2D eigenvalue weighted by molar-refractivity contribution is 6.04. The highest BCUT2D eigenvalue weighted by Gasteiger charge is 2.21. The molecule has 2 aromatic carbocycles. The molecule has 0 bridgehead atoms. The number of benzene rings is 2. The predicted octanol–water partition coefficient (Wildman–Crippen LogP) is 3.63. The third kappa shape index (κ3) is 3.26. The van der Waals surface area contributed by atoms with Crippen LogP contribution >= 0.6 is 0 Å². The number of hydrogen-bond donors (Lipinski definition) is 1. The summed E-state index contributed by atoms with van der Waals surface area (Å²) in [4.78, 5) is 26.1.